The topological polar surface area (TPSA) is 72.7 Å². The second-order valence-corrected chi connectivity index (χ2v) is 13.6. The first-order valence-corrected chi connectivity index (χ1v) is 16.4. The third-order valence-electron chi connectivity index (χ3n) is 11.1. The molecule has 0 bridgehead atoms. The molecule has 0 spiro atoms. The van der Waals surface area contributed by atoms with E-state index in [1.54, 1.807) is 6.07 Å². The van der Waals surface area contributed by atoms with E-state index in [1.807, 2.05) is 23.1 Å². The lowest BCUT2D eigenvalue weighted by Gasteiger charge is -2.48. The van der Waals surface area contributed by atoms with Gasteiger partial charge in [0.15, 0.2) is 11.6 Å². The van der Waals surface area contributed by atoms with Crippen LogP contribution in [0, 0.1) is 17.1 Å². The Kier molecular flexibility index (Phi) is 7.02. The van der Waals surface area contributed by atoms with Crippen molar-refractivity contribution in [1.82, 2.24) is 14.8 Å². The number of carbonyl (C=O) groups excluding carboxylic acids is 1. The standard InChI is InChI=1S/C36H36F3N5O2/c1-21(37)35(45)43-15-12-29-30(43)19-44(29)33-27-11-10-26(25-9-4-7-22-6-2-3-8-24(22)25)31(39)32(27)41-34(28(33)17-40)46-20-36-13-5-14-42(36)18-23(38)16-36/h4,7,9-11,23,29-30H,1-3,5-6,8,12-16,18-20H2/t23-,29-,30-,36+/m1/s1. The number of halogens is 3. The molecule has 2 aromatic carbocycles. The summed E-state index contributed by atoms with van der Waals surface area (Å²) in [5.74, 6) is -2.17. The van der Waals surface area contributed by atoms with Crippen molar-refractivity contribution in [3.63, 3.8) is 0 Å². The summed E-state index contributed by atoms with van der Waals surface area (Å²) in [6.45, 7) is 5.21. The van der Waals surface area contributed by atoms with E-state index in [1.165, 1.54) is 10.5 Å². The Bertz CT molecular complexity index is 1820. The zero-order chi connectivity index (χ0) is 31.7. The maximum absolute atomic E-state index is 16.9. The molecule has 238 valence electrons. The van der Waals surface area contributed by atoms with Gasteiger partial charge in [0.05, 0.1) is 23.3 Å². The number of alkyl halides is 1. The van der Waals surface area contributed by atoms with Crippen LogP contribution in [0.3, 0.4) is 0 Å². The molecule has 4 saturated heterocycles. The summed E-state index contributed by atoms with van der Waals surface area (Å²) in [6.07, 6.45) is 5.72. The van der Waals surface area contributed by atoms with Gasteiger partial charge >= 0.3 is 0 Å². The Hall–Kier alpha value is -4.10. The highest BCUT2D eigenvalue weighted by Crippen LogP contribution is 2.47. The number of nitrogens with zero attached hydrogens (tertiary/aromatic N) is 5. The normalized spacial score (nSPS) is 26.8. The highest BCUT2D eigenvalue weighted by molar-refractivity contribution is 5.99. The van der Waals surface area contributed by atoms with Crippen LogP contribution in [-0.4, -0.2) is 77.3 Å². The minimum Gasteiger partial charge on any atom is -0.475 e. The van der Waals surface area contributed by atoms with Gasteiger partial charge in [-0.2, -0.15) is 5.26 Å². The predicted octanol–water partition coefficient (Wildman–Crippen LogP) is 6.02. The Morgan fingerprint density at radius 1 is 1.11 bits per heavy atom. The summed E-state index contributed by atoms with van der Waals surface area (Å²) in [4.78, 5) is 22.8. The first kappa shape index (κ1) is 29.3. The van der Waals surface area contributed by atoms with Gasteiger partial charge in [0.2, 0.25) is 5.88 Å². The van der Waals surface area contributed by atoms with Gasteiger partial charge in [-0.05, 0) is 74.2 Å². The Morgan fingerprint density at radius 3 is 2.78 bits per heavy atom. The number of aryl methyl sites for hydroxylation is 1. The lowest BCUT2D eigenvalue weighted by molar-refractivity contribution is -0.130. The van der Waals surface area contributed by atoms with Crippen molar-refractivity contribution in [3.8, 4) is 23.1 Å². The largest absolute Gasteiger partial charge is 0.475 e. The van der Waals surface area contributed by atoms with Crippen molar-refractivity contribution < 1.29 is 22.7 Å². The summed E-state index contributed by atoms with van der Waals surface area (Å²) in [7, 11) is 0. The van der Waals surface area contributed by atoms with Crippen molar-refractivity contribution in [1.29, 1.82) is 5.26 Å². The number of likely N-dealkylation sites (tertiary alicyclic amines) is 1. The zero-order valence-corrected chi connectivity index (χ0v) is 25.7. The molecule has 0 N–H and O–H groups in total. The number of benzene rings is 2. The Balaban J connectivity index is 1.24. The maximum Gasteiger partial charge on any atom is 0.282 e. The number of fused-ring (bicyclic) bond motifs is 4. The maximum atomic E-state index is 16.9. The van der Waals surface area contributed by atoms with Crippen LogP contribution in [0.4, 0.5) is 18.9 Å². The molecule has 0 radical (unpaired) electrons. The zero-order valence-electron chi connectivity index (χ0n) is 25.7. The van der Waals surface area contributed by atoms with E-state index in [-0.39, 0.29) is 35.7 Å². The van der Waals surface area contributed by atoms with Gasteiger partial charge in [0.1, 0.15) is 29.9 Å². The molecule has 3 aromatic rings. The van der Waals surface area contributed by atoms with E-state index < -0.39 is 29.3 Å². The van der Waals surface area contributed by atoms with E-state index in [4.69, 9.17) is 9.72 Å². The SMILES string of the molecule is C=C(F)C(=O)N1CC[C@@H]2[C@H]1CN2c1c(C#N)c(OC[C@@]23CCCN2C[C@H](F)C3)nc2c(F)c(-c3cccc4c3CCCC4)ccc12. The molecule has 0 unspecified atom stereocenters. The fourth-order valence-corrected chi connectivity index (χ4v) is 8.94. The van der Waals surface area contributed by atoms with Gasteiger partial charge in [-0.25, -0.2) is 18.2 Å². The fraction of sp³-hybridized carbons (Fsp3) is 0.472. The summed E-state index contributed by atoms with van der Waals surface area (Å²) in [5.41, 5.74) is 4.04. The molecule has 5 aliphatic rings. The van der Waals surface area contributed by atoms with Gasteiger partial charge < -0.3 is 14.5 Å². The monoisotopic (exact) mass is 627 g/mol. The summed E-state index contributed by atoms with van der Waals surface area (Å²) in [5, 5.41) is 11.0. The summed E-state index contributed by atoms with van der Waals surface area (Å²) in [6, 6.07) is 11.5. The number of carbonyl (C=O) groups is 1. The molecule has 7 nitrogen and oxygen atoms in total. The van der Waals surface area contributed by atoms with E-state index in [2.05, 4.69) is 23.6 Å². The highest BCUT2D eigenvalue weighted by Gasteiger charge is 2.51. The first-order chi connectivity index (χ1) is 22.3. The van der Waals surface area contributed by atoms with Crippen molar-refractivity contribution >= 4 is 22.5 Å². The molecule has 46 heavy (non-hydrogen) atoms. The second-order valence-electron chi connectivity index (χ2n) is 13.6. The molecule has 1 amide bonds. The quantitative estimate of drug-likeness (QED) is 0.312. The molecule has 1 aromatic heterocycles. The van der Waals surface area contributed by atoms with E-state index in [0.29, 0.717) is 49.1 Å². The lowest BCUT2D eigenvalue weighted by Crippen LogP contribution is -2.63. The number of pyridine rings is 1. The smallest absolute Gasteiger partial charge is 0.282 e. The number of nitriles is 1. The van der Waals surface area contributed by atoms with E-state index in [0.717, 1.165) is 56.2 Å². The van der Waals surface area contributed by atoms with Gasteiger partial charge in [0, 0.05) is 37.0 Å². The third-order valence-corrected chi connectivity index (χ3v) is 11.1. The first-order valence-electron chi connectivity index (χ1n) is 16.4. The fourth-order valence-electron chi connectivity index (χ4n) is 8.94. The number of ether oxygens (including phenoxy) is 1. The molecule has 5 heterocycles. The number of aromatic nitrogens is 1. The van der Waals surface area contributed by atoms with Crippen molar-refractivity contribution in [3.05, 3.63) is 65.2 Å². The molecule has 4 atom stereocenters. The number of hydrogen-bond acceptors (Lipinski definition) is 6. The van der Waals surface area contributed by atoms with Gasteiger partial charge in [-0.15, -0.1) is 0 Å². The second kappa shape index (κ2) is 11.0. The van der Waals surface area contributed by atoms with Crippen LogP contribution in [0.5, 0.6) is 5.88 Å². The minimum atomic E-state index is -0.998. The van der Waals surface area contributed by atoms with Gasteiger partial charge in [-0.1, -0.05) is 30.8 Å². The molecular formula is C36H36F3N5O2. The van der Waals surface area contributed by atoms with Crippen molar-refractivity contribution in [2.75, 3.05) is 37.7 Å². The molecule has 8 rings (SSSR count). The molecule has 4 fully saturated rings. The van der Waals surface area contributed by atoms with Crippen LogP contribution in [0.15, 0.2) is 42.7 Å². The molecule has 0 saturated carbocycles. The summed E-state index contributed by atoms with van der Waals surface area (Å²) < 4.78 is 51.6. The number of anilines is 1. The Morgan fingerprint density at radius 2 is 1.96 bits per heavy atom. The number of rotatable bonds is 6. The van der Waals surface area contributed by atoms with Crippen LogP contribution < -0.4 is 9.64 Å². The van der Waals surface area contributed by atoms with Crippen LogP contribution >= 0.6 is 0 Å². The van der Waals surface area contributed by atoms with Crippen LogP contribution in [0.25, 0.3) is 22.0 Å². The van der Waals surface area contributed by atoms with Crippen molar-refractivity contribution in [2.24, 2.45) is 0 Å². The van der Waals surface area contributed by atoms with E-state index in [9.17, 15) is 18.8 Å². The third kappa shape index (κ3) is 4.42. The van der Waals surface area contributed by atoms with E-state index >= 15 is 4.39 Å². The van der Waals surface area contributed by atoms with Crippen LogP contribution in [0.2, 0.25) is 0 Å². The lowest BCUT2D eigenvalue weighted by atomic mass is 9.85. The average Bonchev–Trinajstić information content (AvgIpc) is 3.69. The molecule has 10 heteroatoms. The number of hydrogen-bond donors (Lipinski definition) is 0. The van der Waals surface area contributed by atoms with Crippen molar-refractivity contribution in [2.45, 2.75) is 75.2 Å². The van der Waals surface area contributed by atoms with Gasteiger partial charge in [-0.3, -0.25) is 9.69 Å². The predicted molar refractivity (Wildman–Crippen MR) is 169 cm³/mol. The van der Waals surface area contributed by atoms with Crippen LogP contribution in [-0.2, 0) is 17.6 Å². The highest BCUT2D eigenvalue weighted by atomic mass is 19.1. The van der Waals surface area contributed by atoms with Gasteiger partial charge in [0.25, 0.3) is 5.91 Å². The number of amides is 1. The average molecular weight is 628 g/mol. The molecular weight excluding hydrogens is 591 g/mol. The Labute approximate surface area is 266 Å². The molecule has 4 aliphatic heterocycles. The van der Waals surface area contributed by atoms with Crippen LogP contribution in [0.1, 0.15) is 55.2 Å². The molecule has 1 aliphatic carbocycles. The minimum absolute atomic E-state index is 0.0335. The summed E-state index contributed by atoms with van der Waals surface area (Å²) >= 11 is 0.